The fourth-order valence-electron chi connectivity index (χ4n) is 5.23. The lowest BCUT2D eigenvalue weighted by molar-refractivity contribution is 0.304. The lowest BCUT2D eigenvalue weighted by atomic mass is 9.97. The summed E-state index contributed by atoms with van der Waals surface area (Å²) in [7, 11) is -4.00. The predicted octanol–water partition coefficient (Wildman–Crippen LogP) is 3.21. The zero-order valence-electron chi connectivity index (χ0n) is 24.2. The standard InChI is InChI=1S/C27H28Cl2N10O5S/c1-3-43-21-13-23(22(44-4-2)12-20(21)39-15-30-34-36-39)45(41,42)37-9-7-16(8-10-37)25-31-26-24(27(40)32-25)33-35-38(26)14-17-5-6-18(28)11-19(17)29/h5-6,11-13,15-16H,3-4,7-10,14H2,1-2H3,(H,31,32,40). The Balaban J connectivity index is 1.25. The number of hydrogen-bond acceptors (Lipinski definition) is 11. The number of nitrogens with one attached hydrogen (secondary N) is 1. The molecule has 1 fully saturated rings. The van der Waals surface area contributed by atoms with E-state index in [1.54, 1.807) is 38.1 Å². The molecule has 0 saturated carbocycles. The van der Waals surface area contributed by atoms with Crippen LogP contribution in [-0.2, 0) is 16.6 Å². The monoisotopic (exact) mass is 674 g/mol. The SMILES string of the molecule is CCOc1cc(S(=O)(=O)N2CCC(c3nc4c(nnn4Cc4ccc(Cl)cc4Cl)c(=O)[nH]3)CC2)c(OCC)cc1-n1cnnn1. The number of tetrazole rings is 1. The average molecular weight is 676 g/mol. The molecule has 0 radical (unpaired) electrons. The minimum atomic E-state index is -4.00. The van der Waals surface area contributed by atoms with Crippen LogP contribution >= 0.6 is 23.2 Å². The van der Waals surface area contributed by atoms with E-state index in [0.29, 0.717) is 52.4 Å². The van der Waals surface area contributed by atoms with Crippen molar-refractivity contribution in [2.75, 3.05) is 26.3 Å². The maximum absolute atomic E-state index is 14.0. The zero-order valence-corrected chi connectivity index (χ0v) is 26.5. The Morgan fingerprint density at radius 3 is 2.47 bits per heavy atom. The molecule has 1 saturated heterocycles. The molecule has 0 bridgehead atoms. The number of fused-ring (bicyclic) bond motifs is 1. The predicted molar refractivity (Wildman–Crippen MR) is 164 cm³/mol. The van der Waals surface area contributed by atoms with E-state index < -0.39 is 15.6 Å². The van der Waals surface area contributed by atoms with Gasteiger partial charge in [-0.3, -0.25) is 4.79 Å². The van der Waals surface area contributed by atoms with Crippen LogP contribution in [0.4, 0.5) is 0 Å². The number of halogens is 2. The van der Waals surface area contributed by atoms with Crippen molar-refractivity contribution in [3.8, 4) is 17.2 Å². The van der Waals surface area contributed by atoms with Gasteiger partial charge >= 0.3 is 0 Å². The van der Waals surface area contributed by atoms with Crippen LogP contribution in [0.3, 0.4) is 0 Å². The van der Waals surface area contributed by atoms with Crippen LogP contribution in [-0.4, -0.2) is 84.2 Å². The summed E-state index contributed by atoms with van der Waals surface area (Å²) in [4.78, 5) is 20.4. The van der Waals surface area contributed by atoms with Crippen LogP contribution in [0.2, 0.25) is 10.0 Å². The summed E-state index contributed by atoms with van der Waals surface area (Å²) < 4.78 is 43.8. The molecule has 15 nitrogen and oxygen atoms in total. The summed E-state index contributed by atoms with van der Waals surface area (Å²) in [5.74, 6) is 0.687. The van der Waals surface area contributed by atoms with Gasteiger partial charge in [0.15, 0.2) is 11.2 Å². The molecule has 1 N–H and O–H groups in total. The van der Waals surface area contributed by atoms with E-state index in [0.717, 1.165) is 5.56 Å². The first-order valence-corrected chi connectivity index (χ1v) is 16.3. The normalized spacial score (nSPS) is 14.7. The molecule has 3 aromatic heterocycles. The maximum Gasteiger partial charge on any atom is 0.281 e. The van der Waals surface area contributed by atoms with E-state index in [2.05, 4.69) is 30.8 Å². The zero-order chi connectivity index (χ0) is 31.7. The number of hydrogen-bond donors (Lipinski definition) is 1. The third-order valence-electron chi connectivity index (χ3n) is 7.41. The number of H-pyrrole nitrogens is 1. The molecule has 45 heavy (non-hydrogen) atoms. The van der Waals surface area contributed by atoms with E-state index in [1.165, 1.54) is 26.1 Å². The molecule has 18 heteroatoms. The lowest BCUT2D eigenvalue weighted by Crippen LogP contribution is -2.38. The summed E-state index contributed by atoms with van der Waals surface area (Å²) >= 11 is 12.4. The van der Waals surface area contributed by atoms with Gasteiger partial charge in [0.2, 0.25) is 10.0 Å². The van der Waals surface area contributed by atoms with Gasteiger partial charge in [0.25, 0.3) is 5.56 Å². The number of piperidine rings is 1. The molecular weight excluding hydrogens is 647 g/mol. The third-order valence-corrected chi connectivity index (χ3v) is 9.91. The highest BCUT2D eigenvalue weighted by Gasteiger charge is 2.34. The highest BCUT2D eigenvalue weighted by Crippen LogP contribution is 2.38. The highest BCUT2D eigenvalue weighted by atomic mass is 35.5. The Morgan fingerprint density at radius 1 is 1.02 bits per heavy atom. The molecule has 2 aromatic carbocycles. The van der Waals surface area contributed by atoms with Gasteiger partial charge in [0.05, 0.1) is 19.8 Å². The topological polar surface area (TPSA) is 176 Å². The van der Waals surface area contributed by atoms with E-state index in [1.807, 2.05) is 0 Å². The van der Waals surface area contributed by atoms with Crippen LogP contribution in [0.15, 0.2) is 46.3 Å². The lowest BCUT2D eigenvalue weighted by Gasteiger charge is -2.31. The van der Waals surface area contributed by atoms with Gasteiger partial charge in [-0.2, -0.15) is 8.99 Å². The van der Waals surface area contributed by atoms with Crippen molar-refractivity contribution in [3.05, 3.63) is 68.4 Å². The fourth-order valence-corrected chi connectivity index (χ4v) is 7.29. The number of benzene rings is 2. The molecule has 1 aliphatic rings. The second-order valence-electron chi connectivity index (χ2n) is 10.2. The second kappa shape index (κ2) is 12.7. The molecule has 0 spiro atoms. The smallest absolute Gasteiger partial charge is 0.281 e. The molecule has 5 aromatic rings. The number of aromatic nitrogens is 9. The Bertz CT molecular complexity index is 2010. The summed E-state index contributed by atoms with van der Waals surface area (Å²) in [6.07, 6.45) is 2.23. The summed E-state index contributed by atoms with van der Waals surface area (Å²) in [6.45, 7) is 4.72. The molecule has 0 amide bonds. The van der Waals surface area contributed by atoms with Crippen molar-refractivity contribution < 1.29 is 17.9 Å². The number of sulfonamides is 1. The summed E-state index contributed by atoms with van der Waals surface area (Å²) in [5, 5.41) is 20.3. The van der Waals surface area contributed by atoms with E-state index in [9.17, 15) is 13.2 Å². The van der Waals surface area contributed by atoms with Crippen LogP contribution < -0.4 is 15.0 Å². The van der Waals surface area contributed by atoms with Gasteiger partial charge in [0.1, 0.15) is 34.2 Å². The molecule has 6 rings (SSSR count). The Morgan fingerprint density at radius 2 is 1.78 bits per heavy atom. The van der Waals surface area contributed by atoms with Gasteiger partial charge in [-0.15, -0.1) is 10.2 Å². The van der Waals surface area contributed by atoms with Crippen LogP contribution in [0.5, 0.6) is 11.5 Å². The van der Waals surface area contributed by atoms with Gasteiger partial charge in [-0.1, -0.05) is 34.5 Å². The Labute approximate surface area is 267 Å². The summed E-state index contributed by atoms with van der Waals surface area (Å²) in [5.41, 5.74) is 1.16. The Kier molecular flexibility index (Phi) is 8.72. The van der Waals surface area contributed by atoms with Gasteiger partial charge in [-0.05, 0) is 54.8 Å². The highest BCUT2D eigenvalue weighted by molar-refractivity contribution is 7.89. The molecular formula is C27H28Cl2N10O5S. The van der Waals surface area contributed by atoms with E-state index in [4.69, 9.17) is 37.7 Å². The van der Waals surface area contributed by atoms with Crippen molar-refractivity contribution in [1.29, 1.82) is 0 Å². The first-order valence-electron chi connectivity index (χ1n) is 14.1. The summed E-state index contributed by atoms with van der Waals surface area (Å²) in [6, 6.07) is 8.12. The van der Waals surface area contributed by atoms with Crippen molar-refractivity contribution in [3.63, 3.8) is 0 Å². The molecule has 0 atom stereocenters. The third kappa shape index (κ3) is 6.10. The van der Waals surface area contributed by atoms with Crippen molar-refractivity contribution in [2.24, 2.45) is 0 Å². The first-order chi connectivity index (χ1) is 21.7. The molecule has 4 heterocycles. The van der Waals surface area contributed by atoms with E-state index in [-0.39, 0.29) is 48.3 Å². The van der Waals surface area contributed by atoms with Crippen LogP contribution in [0, 0.1) is 0 Å². The number of nitrogens with zero attached hydrogens (tertiary/aromatic N) is 9. The Hall–Kier alpha value is -4.12. The number of aromatic amines is 1. The maximum atomic E-state index is 14.0. The molecule has 0 unspecified atom stereocenters. The second-order valence-corrected chi connectivity index (χ2v) is 12.9. The quantitative estimate of drug-likeness (QED) is 0.230. The fraction of sp³-hybridized carbons (Fsp3) is 0.370. The largest absolute Gasteiger partial charge is 0.492 e. The van der Waals surface area contributed by atoms with Gasteiger partial charge in [-0.25, -0.2) is 18.1 Å². The van der Waals surface area contributed by atoms with Crippen LogP contribution in [0.1, 0.15) is 44.0 Å². The van der Waals surface area contributed by atoms with Gasteiger partial charge < -0.3 is 14.5 Å². The number of rotatable bonds is 10. The van der Waals surface area contributed by atoms with Crippen molar-refractivity contribution >= 4 is 44.4 Å². The minimum Gasteiger partial charge on any atom is -0.492 e. The first kappa shape index (κ1) is 30.9. The number of ether oxygens (including phenoxy) is 2. The average Bonchev–Trinajstić information content (AvgIpc) is 3.70. The molecule has 236 valence electrons. The molecule has 0 aliphatic carbocycles. The minimum absolute atomic E-state index is 0.0214. The van der Waals surface area contributed by atoms with Crippen LogP contribution in [0.25, 0.3) is 16.9 Å². The van der Waals surface area contributed by atoms with Crippen molar-refractivity contribution in [2.45, 2.75) is 44.0 Å². The van der Waals surface area contributed by atoms with E-state index >= 15 is 0 Å². The molecule has 1 aliphatic heterocycles. The van der Waals surface area contributed by atoms with Gasteiger partial charge in [0, 0.05) is 41.2 Å². The van der Waals surface area contributed by atoms with Crippen molar-refractivity contribution in [1.82, 2.24) is 49.5 Å².